The van der Waals surface area contributed by atoms with Gasteiger partial charge in [0.2, 0.25) is 0 Å². The van der Waals surface area contributed by atoms with Gasteiger partial charge in [-0.3, -0.25) is 4.79 Å². The highest BCUT2D eigenvalue weighted by Gasteiger charge is 2.17. The maximum Gasteiger partial charge on any atom is 0.265 e. The third kappa shape index (κ3) is 3.58. The topological polar surface area (TPSA) is 64.3 Å². The van der Waals surface area contributed by atoms with Gasteiger partial charge in [0.05, 0.1) is 0 Å². The second-order valence-corrected chi connectivity index (χ2v) is 5.54. The van der Waals surface area contributed by atoms with Gasteiger partial charge in [-0.15, -0.1) is 0 Å². The molecular formula is C18H22N2O2. The van der Waals surface area contributed by atoms with Crippen molar-refractivity contribution in [2.75, 3.05) is 11.1 Å². The second kappa shape index (κ2) is 6.52. The van der Waals surface area contributed by atoms with Crippen molar-refractivity contribution in [3.8, 4) is 5.75 Å². The summed E-state index contributed by atoms with van der Waals surface area (Å²) in [5.41, 5.74) is 10.2. The lowest BCUT2D eigenvalue weighted by molar-refractivity contribution is -0.122. The van der Waals surface area contributed by atoms with Crippen LogP contribution in [0.5, 0.6) is 5.75 Å². The van der Waals surface area contributed by atoms with E-state index in [4.69, 9.17) is 10.5 Å². The molecule has 0 spiro atoms. The van der Waals surface area contributed by atoms with Crippen LogP contribution in [0.4, 0.5) is 11.4 Å². The monoisotopic (exact) mass is 298 g/mol. The molecule has 0 saturated carbocycles. The van der Waals surface area contributed by atoms with Crippen LogP contribution < -0.4 is 15.8 Å². The Hall–Kier alpha value is -2.49. The SMILES string of the molecule is Cc1ccc(OC(C)C(=O)Nc2cccc(N)c2C)c(C)c1. The molecule has 0 saturated heterocycles. The zero-order valence-electron chi connectivity index (χ0n) is 13.4. The van der Waals surface area contributed by atoms with Gasteiger partial charge in [0, 0.05) is 11.4 Å². The van der Waals surface area contributed by atoms with E-state index in [-0.39, 0.29) is 5.91 Å². The number of hydrogen-bond acceptors (Lipinski definition) is 3. The maximum atomic E-state index is 12.3. The molecule has 2 aromatic rings. The third-order valence-electron chi connectivity index (χ3n) is 3.64. The molecule has 4 nitrogen and oxygen atoms in total. The first kappa shape index (κ1) is 15.9. The van der Waals surface area contributed by atoms with Crippen molar-refractivity contribution in [1.82, 2.24) is 0 Å². The van der Waals surface area contributed by atoms with E-state index in [2.05, 4.69) is 5.32 Å². The molecule has 1 unspecified atom stereocenters. The Labute approximate surface area is 131 Å². The van der Waals surface area contributed by atoms with Crippen LogP contribution in [0.2, 0.25) is 0 Å². The van der Waals surface area contributed by atoms with Gasteiger partial charge in [0.15, 0.2) is 6.10 Å². The normalized spacial score (nSPS) is 11.8. The van der Waals surface area contributed by atoms with Crippen molar-refractivity contribution in [3.63, 3.8) is 0 Å². The van der Waals surface area contributed by atoms with Crippen molar-refractivity contribution in [1.29, 1.82) is 0 Å². The van der Waals surface area contributed by atoms with Crippen LogP contribution >= 0.6 is 0 Å². The Bertz CT molecular complexity index is 695. The van der Waals surface area contributed by atoms with Crippen LogP contribution in [0, 0.1) is 20.8 Å². The molecule has 1 amide bonds. The number of amides is 1. The summed E-state index contributed by atoms with van der Waals surface area (Å²) in [6.45, 7) is 7.60. The average molecular weight is 298 g/mol. The molecule has 3 N–H and O–H groups in total. The minimum atomic E-state index is -0.595. The first-order valence-electron chi connectivity index (χ1n) is 7.28. The van der Waals surface area contributed by atoms with Crippen molar-refractivity contribution in [3.05, 3.63) is 53.1 Å². The lowest BCUT2D eigenvalue weighted by Gasteiger charge is -2.17. The van der Waals surface area contributed by atoms with Gasteiger partial charge in [-0.25, -0.2) is 0 Å². The minimum Gasteiger partial charge on any atom is -0.481 e. The molecule has 0 radical (unpaired) electrons. The number of aryl methyl sites for hydroxylation is 2. The van der Waals surface area contributed by atoms with Gasteiger partial charge in [0.25, 0.3) is 5.91 Å². The average Bonchev–Trinajstić information content (AvgIpc) is 2.46. The molecule has 1 atom stereocenters. The number of anilines is 2. The smallest absolute Gasteiger partial charge is 0.265 e. The van der Waals surface area contributed by atoms with Crippen molar-refractivity contribution in [2.24, 2.45) is 0 Å². The molecule has 116 valence electrons. The highest BCUT2D eigenvalue weighted by molar-refractivity contribution is 5.95. The summed E-state index contributed by atoms with van der Waals surface area (Å²) in [5, 5.41) is 2.86. The lowest BCUT2D eigenvalue weighted by Crippen LogP contribution is -2.30. The molecule has 0 aliphatic carbocycles. The summed E-state index contributed by atoms with van der Waals surface area (Å²) in [6.07, 6.45) is -0.595. The Morgan fingerprint density at radius 1 is 1.18 bits per heavy atom. The van der Waals surface area contributed by atoms with Gasteiger partial charge in [-0.1, -0.05) is 23.8 Å². The van der Waals surface area contributed by atoms with E-state index in [1.807, 2.05) is 51.1 Å². The summed E-state index contributed by atoms with van der Waals surface area (Å²) >= 11 is 0. The first-order valence-corrected chi connectivity index (χ1v) is 7.28. The molecule has 2 aromatic carbocycles. The fourth-order valence-corrected chi connectivity index (χ4v) is 2.20. The van der Waals surface area contributed by atoms with E-state index in [9.17, 15) is 4.79 Å². The fourth-order valence-electron chi connectivity index (χ4n) is 2.20. The van der Waals surface area contributed by atoms with Crippen LogP contribution in [0.1, 0.15) is 23.6 Å². The summed E-state index contributed by atoms with van der Waals surface area (Å²) in [6, 6.07) is 11.3. The predicted octanol–water partition coefficient (Wildman–Crippen LogP) is 3.60. The van der Waals surface area contributed by atoms with Gasteiger partial charge >= 0.3 is 0 Å². The quantitative estimate of drug-likeness (QED) is 0.848. The Kier molecular flexibility index (Phi) is 4.71. The van der Waals surface area contributed by atoms with Gasteiger partial charge in [-0.05, 0) is 57.0 Å². The zero-order chi connectivity index (χ0) is 16.3. The van der Waals surface area contributed by atoms with Crippen LogP contribution in [0.15, 0.2) is 36.4 Å². The second-order valence-electron chi connectivity index (χ2n) is 5.54. The van der Waals surface area contributed by atoms with Gasteiger partial charge in [-0.2, -0.15) is 0 Å². The number of nitrogen functional groups attached to an aromatic ring is 1. The molecule has 0 aliphatic heterocycles. The van der Waals surface area contributed by atoms with E-state index in [1.54, 1.807) is 13.0 Å². The maximum absolute atomic E-state index is 12.3. The highest BCUT2D eigenvalue weighted by Crippen LogP contribution is 2.22. The predicted molar refractivity (Wildman–Crippen MR) is 90.2 cm³/mol. The summed E-state index contributed by atoms with van der Waals surface area (Å²) < 4.78 is 5.76. The Morgan fingerprint density at radius 2 is 1.91 bits per heavy atom. The molecule has 0 bridgehead atoms. The molecule has 22 heavy (non-hydrogen) atoms. The minimum absolute atomic E-state index is 0.200. The van der Waals surface area contributed by atoms with Crippen molar-refractivity contribution >= 4 is 17.3 Å². The van der Waals surface area contributed by atoms with Crippen LogP contribution in [0.3, 0.4) is 0 Å². The molecular weight excluding hydrogens is 276 g/mol. The Morgan fingerprint density at radius 3 is 2.59 bits per heavy atom. The van der Waals surface area contributed by atoms with Crippen LogP contribution in [-0.2, 0) is 4.79 Å². The molecule has 4 heteroatoms. The molecule has 0 aromatic heterocycles. The van der Waals surface area contributed by atoms with E-state index in [1.165, 1.54) is 0 Å². The zero-order valence-corrected chi connectivity index (χ0v) is 13.4. The lowest BCUT2D eigenvalue weighted by atomic mass is 10.1. The number of nitrogens with two attached hydrogens (primary N) is 1. The number of benzene rings is 2. The van der Waals surface area contributed by atoms with Crippen molar-refractivity contribution in [2.45, 2.75) is 33.8 Å². The third-order valence-corrected chi connectivity index (χ3v) is 3.64. The highest BCUT2D eigenvalue weighted by atomic mass is 16.5. The Balaban J connectivity index is 2.07. The van der Waals surface area contributed by atoms with Crippen molar-refractivity contribution < 1.29 is 9.53 Å². The summed E-state index contributed by atoms with van der Waals surface area (Å²) in [7, 11) is 0. The number of rotatable bonds is 4. The van der Waals surface area contributed by atoms with Crippen LogP contribution in [0.25, 0.3) is 0 Å². The number of carbonyl (C=O) groups is 1. The molecule has 0 aliphatic rings. The number of carbonyl (C=O) groups excluding carboxylic acids is 1. The van der Waals surface area contributed by atoms with Crippen LogP contribution in [-0.4, -0.2) is 12.0 Å². The molecule has 2 rings (SSSR count). The van der Waals surface area contributed by atoms with E-state index in [0.29, 0.717) is 11.4 Å². The number of nitrogens with one attached hydrogen (secondary N) is 1. The standard InChI is InChI=1S/C18H22N2O2/c1-11-8-9-17(12(2)10-11)22-14(4)18(21)20-16-7-5-6-15(19)13(16)3/h5-10,14H,19H2,1-4H3,(H,20,21). The fraction of sp³-hybridized carbons (Fsp3) is 0.278. The molecule has 0 heterocycles. The van der Waals surface area contributed by atoms with Gasteiger partial charge < -0.3 is 15.8 Å². The van der Waals surface area contributed by atoms with E-state index in [0.717, 1.165) is 22.4 Å². The first-order chi connectivity index (χ1) is 10.4. The number of hydrogen-bond donors (Lipinski definition) is 2. The summed E-state index contributed by atoms with van der Waals surface area (Å²) in [5.74, 6) is 0.520. The van der Waals surface area contributed by atoms with E-state index < -0.39 is 6.10 Å². The van der Waals surface area contributed by atoms with E-state index >= 15 is 0 Å². The molecule has 0 fully saturated rings. The number of ether oxygens (including phenoxy) is 1. The largest absolute Gasteiger partial charge is 0.481 e. The summed E-state index contributed by atoms with van der Waals surface area (Å²) in [4.78, 5) is 12.3. The van der Waals surface area contributed by atoms with Gasteiger partial charge in [0.1, 0.15) is 5.75 Å².